The highest BCUT2D eigenvalue weighted by molar-refractivity contribution is 7.80. The lowest BCUT2D eigenvalue weighted by Gasteiger charge is -2.13. The molecule has 0 unspecified atom stereocenters. The molecule has 0 radical (unpaired) electrons. The van der Waals surface area contributed by atoms with Crippen LogP contribution in [0.5, 0.6) is 0 Å². The highest BCUT2D eigenvalue weighted by atomic mass is 35.5. The number of rotatable bonds is 5. The molecule has 2 aromatic carbocycles. The zero-order valence-corrected chi connectivity index (χ0v) is 14.7. The predicted octanol–water partition coefficient (Wildman–Crippen LogP) is 3.81. The fourth-order valence-corrected chi connectivity index (χ4v) is 3.08. The number of aromatic amines is 1. The van der Waals surface area contributed by atoms with Crippen molar-refractivity contribution in [3.8, 4) is 0 Å². The van der Waals surface area contributed by atoms with Crippen molar-refractivity contribution in [3.63, 3.8) is 0 Å². The van der Waals surface area contributed by atoms with Gasteiger partial charge in [0.15, 0.2) is 5.11 Å². The minimum absolute atomic E-state index is 0.404. The standard InChI is InChI=1S/C18H19ClN4S/c19-14-5-6-16(13(9-14)10-20)23-18(24)21-8-7-12-11-22-17-4-2-1-3-15(12)17/h1-6,9,11,22H,7-8,10,20H2,(H2,21,23,24). The first kappa shape index (κ1) is 16.8. The van der Waals surface area contributed by atoms with E-state index in [0.717, 1.165) is 29.7 Å². The van der Waals surface area contributed by atoms with Crippen LogP contribution in [0.3, 0.4) is 0 Å². The Morgan fingerprint density at radius 2 is 2.00 bits per heavy atom. The summed E-state index contributed by atoms with van der Waals surface area (Å²) in [5.41, 5.74) is 9.99. The molecule has 1 heterocycles. The van der Waals surface area contributed by atoms with Gasteiger partial charge in [-0.15, -0.1) is 0 Å². The molecule has 0 atom stereocenters. The summed E-state index contributed by atoms with van der Waals surface area (Å²) in [4.78, 5) is 3.28. The zero-order chi connectivity index (χ0) is 16.9. The summed E-state index contributed by atoms with van der Waals surface area (Å²) in [5, 5.41) is 8.91. The first-order valence-corrected chi connectivity index (χ1v) is 8.54. The topological polar surface area (TPSA) is 65.9 Å². The monoisotopic (exact) mass is 358 g/mol. The van der Waals surface area contributed by atoms with Crippen LogP contribution >= 0.6 is 23.8 Å². The third-order valence-electron chi connectivity index (χ3n) is 3.89. The van der Waals surface area contributed by atoms with Gasteiger partial charge in [0.1, 0.15) is 0 Å². The van der Waals surface area contributed by atoms with Crippen LogP contribution in [-0.4, -0.2) is 16.6 Å². The lowest BCUT2D eigenvalue weighted by molar-refractivity contribution is 0.878. The second-order valence-corrected chi connectivity index (χ2v) is 6.34. The molecule has 3 aromatic rings. The van der Waals surface area contributed by atoms with Crippen molar-refractivity contribution in [3.05, 3.63) is 64.8 Å². The number of hydrogen-bond acceptors (Lipinski definition) is 2. The molecule has 0 amide bonds. The van der Waals surface area contributed by atoms with Gasteiger partial charge in [-0.2, -0.15) is 0 Å². The van der Waals surface area contributed by atoms with E-state index < -0.39 is 0 Å². The lowest BCUT2D eigenvalue weighted by Crippen LogP contribution is -2.30. The van der Waals surface area contributed by atoms with Crippen LogP contribution in [-0.2, 0) is 13.0 Å². The Hall–Kier alpha value is -2.08. The first-order chi connectivity index (χ1) is 11.7. The summed E-state index contributed by atoms with van der Waals surface area (Å²) < 4.78 is 0. The molecule has 24 heavy (non-hydrogen) atoms. The fraction of sp³-hybridized carbons (Fsp3) is 0.167. The summed E-state index contributed by atoms with van der Waals surface area (Å²) in [6, 6.07) is 13.8. The molecule has 0 saturated carbocycles. The molecule has 5 N–H and O–H groups in total. The second-order valence-electron chi connectivity index (χ2n) is 5.50. The van der Waals surface area contributed by atoms with E-state index in [2.05, 4.69) is 33.9 Å². The largest absolute Gasteiger partial charge is 0.362 e. The number of thiocarbonyl (C=S) groups is 1. The molecule has 0 fully saturated rings. The van der Waals surface area contributed by atoms with E-state index >= 15 is 0 Å². The summed E-state index contributed by atoms with van der Waals surface area (Å²) in [6.45, 7) is 1.15. The summed E-state index contributed by atoms with van der Waals surface area (Å²) in [6.07, 6.45) is 2.94. The quantitative estimate of drug-likeness (QED) is 0.524. The molecule has 0 spiro atoms. The molecule has 0 aliphatic carbocycles. The van der Waals surface area contributed by atoms with Gasteiger partial charge in [0.25, 0.3) is 0 Å². The van der Waals surface area contributed by atoms with Crippen molar-refractivity contribution in [1.82, 2.24) is 10.3 Å². The Kier molecular flexibility index (Phi) is 5.35. The van der Waals surface area contributed by atoms with Crippen LogP contribution in [0.25, 0.3) is 10.9 Å². The van der Waals surface area contributed by atoms with Gasteiger partial charge < -0.3 is 21.4 Å². The lowest BCUT2D eigenvalue weighted by atomic mass is 10.1. The molecule has 3 rings (SSSR count). The van der Waals surface area contributed by atoms with Crippen molar-refractivity contribution in [2.24, 2.45) is 5.73 Å². The third-order valence-corrected chi connectivity index (χ3v) is 4.37. The Bertz CT molecular complexity index is 859. The number of fused-ring (bicyclic) bond motifs is 1. The van der Waals surface area contributed by atoms with Crippen molar-refractivity contribution >= 4 is 45.5 Å². The van der Waals surface area contributed by atoms with Crippen molar-refractivity contribution in [2.45, 2.75) is 13.0 Å². The molecule has 0 aliphatic rings. The Balaban J connectivity index is 1.56. The van der Waals surface area contributed by atoms with Gasteiger partial charge in [-0.3, -0.25) is 0 Å². The number of anilines is 1. The maximum atomic E-state index is 5.99. The number of para-hydroxylation sites is 1. The highest BCUT2D eigenvalue weighted by Crippen LogP contribution is 2.20. The maximum absolute atomic E-state index is 5.99. The number of halogens is 1. The van der Waals surface area contributed by atoms with Crippen LogP contribution in [0.4, 0.5) is 5.69 Å². The van der Waals surface area contributed by atoms with Crippen molar-refractivity contribution in [1.29, 1.82) is 0 Å². The number of nitrogens with two attached hydrogens (primary N) is 1. The van der Waals surface area contributed by atoms with E-state index in [1.54, 1.807) is 0 Å². The van der Waals surface area contributed by atoms with Crippen LogP contribution in [0, 0.1) is 0 Å². The minimum Gasteiger partial charge on any atom is -0.362 e. The summed E-state index contributed by atoms with van der Waals surface area (Å²) in [5.74, 6) is 0. The second kappa shape index (κ2) is 7.66. The minimum atomic E-state index is 0.404. The number of benzene rings is 2. The number of aromatic nitrogens is 1. The first-order valence-electron chi connectivity index (χ1n) is 7.75. The Morgan fingerprint density at radius 3 is 2.83 bits per heavy atom. The summed E-state index contributed by atoms with van der Waals surface area (Å²) in [7, 11) is 0. The number of H-pyrrole nitrogens is 1. The molecule has 0 saturated heterocycles. The molecule has 1 aromatic heterocycles. The van der Waals surface area contributed by atoms with Gasteiger partial charge >= 0.3 is 0 Å². The highest BCUT2D eigenvalue weighted by Gasteiger charge is 2.05. The Labute approximate surface area is 151 Å². The molecular weight excluding hydrogens is 340 g/mol. The van der Waals surface area contributed by atoms with Gasteiger partial charge in [-0.25, -0.2) is 0 Å². The van der Waals surface area contributed by atoms with Crippen LogP contribution in [0.2, 0.25) is 5.02 Å². The van der Waals surface area contributed by atoms with Crippen LogP contribution in [0.15, 0.2) is 48.7 Å². The van der Waals surface area contributed by atoms with E-state index in [9.17, 15) is 0 Å². The summed E-state index contributed by atoms with van der Waals surface area (Å²) >= 11 is 11.3. The van der Waals surface area contributed by atoms with Crippen LogP contribution < -0.4 is 16.4 Å². The molecule has 0 aliphatic heterocycles. The predicted molar refractivity (Wildman–Crippen MR) is 106 cm³/mol. The average Bonchev–Trinajstić information content (AvgIpc) is 3.00. The van der Waals surface area contributed by atoms with Gasteiger partial charge in [0.05, 0.1) is 0 Å². The van der Waals surface area contributed by atoms with Gasteiger partial charge in [-0.05, 0) is 54.0 Å². The maximum Gasteiger partial charge on any atom is 0.170 e. The SMILES string of the molecule is NCc1cc(Cl)ccc1NC(=S)NCCc1c[nH]c2ccccc12. The molecule has 124 valence electrons. The molecule has 4 nitrogen and oxygen atoms in total. The average molecular weight is 359 g/mol. The van der Waals surface area contributed by atoms with Gasteiger partial charge in [0, 0.05) is 40.9 Å². The Morgan fingerprint density at radius 1 is 1.17 bits per heavy atom. The van der Waals surface area contributed by atoms with Crippen LogP contribution in [0.1, 0.15) is 11.1 Å². The third kappa shape index (κ3) is 3.87. The van der Waals surface area contributed by atoms with Gasteiger partial charge in [0.2, 0.25) is 0 Å². The van der Waals surface area contributed by atoms with Gasteiger partial charge in [-0.1, -0.05) is 29.8 Å². The number of nitrogens with one attached hydrogen (secondary N) is 3. The normalized spacial score (nSPS) is 10.8. The fourth-order valence-electron chi connectivity index (χ4n) is 2.67. The van der Waals surface area contributed by atoms with E-state index in [1.807, 2.05) is 30.3 Å². The van der Waals surface area contributed by atoms with E-state index in [0.29, 0.717) is 16.7 Å². The molecular formula is C18H19ClN4S. The number of hydrogen-bond donors (Lipinski definition) is 4. The zero-order valence-electron chi connectivity index (χ0n) is 13.1. The van der Waals surface area contributed by atoms with Crippen molar-refractivity contribution < 1.29 is 0 Å². The molecule has 0 bridgehead atoms. The van der Waals surface area contributed by atoms with E-state index in [4.69, 9.17) is 29.6 Å². The van der Waals surface area contributed by atoms with E-state index in [-0.39, 0.29) is 0 Å². The van der Waals surface area contributed by atoms with Crippen molar-refractivity contribution in [2.75, 3.05) is 11.9 Å². The molecule has 6 heteroatoms. The van der Waals surface area contributed by atoms with E-state index in [1.165, 1.54) is 10.9 Å². The smallest absolute Gasteiger partial charge is 0.170 e.